The first-order valence-corrected chi connectivity index (χ1v) is 7.60. The SMILES string of the molecule is C=CCOc1c(CC)c(C(=O)O)c(OCC=C)c(CC)c1C(=O)O. The first-order valence-electron chi connectivity index (χ1n) is 7.60. The first kappa shape index (κ1) is 19.3. The van der Waals surface area contributed by atoms with Crippen LogP contribution in [0.15, 0.2) is 25.3 Å². The van der Waals surface area contributed by atoms with E-state index in [2.05, 4.69) is 13.2 Å². The lowest BCUT2D eigenvalue weighted by atomic mass is 9.92. The molecule has 1 aromatic carbocycles. The van der Waals surface area contributed by atoms with Crippen LogP contribution in [0.1, 0.15) is 45.7 Å². The summed E-state index contributed by atoms with van der Waals surface area (Å²) in [5.74, 6) is -2.27. The summed E-state index contributed by atoms with van der Waals surface area (Å²) in [4.78, 5) is 23.6. The van der Waals surface area contributed by atoms with Crippen LogP contribution in [0.25, 0.3) is 0 Å². The minimum absolute atomic E-state index is 0.0603. The first-order chi connectivity index (χ1) is 11.4. The normalized spacial score (nSPS) is 10.1. The maximum absolute atomic E-state index is 11.8. The van der Waals surface area contributed by atoms with Gasteiger partial charge in [-0.2, -0.15) is 0 Å². The second-order valence-electron chi connectivity index (χ2n) is 4.88. The molecular weight excluding hydrogens is 312 g/mol. The smallest absolute Gasteiger partial charge is 0.339 e. The van der Waals surface area contributed by atoms with E-state index in [1.165, 1.54) is 12.2 Å². The molecule has 0 aliphatic rings. The topological polar surface area (TPSA) is 93.1 Å². The maximum Gasteiger partial charge on any atom is 0.339 e. The van der Waals surface area contributed by atoms with Crippen molar-refractivity contribution in [1.82, 2.24) is 0 Å². The summed E-state index contributed by atoms with van der Waals surface area (Å²) < 4.78 is 11.0. The third-order valence-electron chi connectivity index (χ3n) is 3.43. The van der Waals surface area contributed by atoms with E-state index in [-0.39, 0.29) is 59.8 Å². The van der Waals surface area contributed by atoms with Crippen LogP contribution in [-0.2, 0) is 12.8 Å². The van der Waals surface area contributed by atoms with Crippen molar-refractivity contribution >= 4 is 11.9 Å². The highest BCUT2D eigenvalue weighted by molar-refractivity contribution is 6.01. The Morgan fingerprint density at radius 1 is 0.875 bits per heavy atom. The van der Waals surface area contributed by atoms with Crippen LogP contribution in [0.3, 0.4) is 0 Å². The molecule has 0 heterocycles. The van der Waals surface area contributed by atoms with E-state index in [4.69, 9.17) is 9.47 Å². The molecule has 0 atom stereocenters. The molecule has 0 spiro atoms. The Balaban J connectivity index is 3.90. The fourth-order valence-electron chi connectivity index (χ4n) is 2.53. The molecule has 6 heteroatoms. The Hall–Kier alpha value is -2.76. The number of hydrogen-bond acceptors (Lipinski definition) is 4. The second-order valence-corrected chi connectivity index (χ2v) is 4.88. The van der Waals surface area contributed by atoms with Crippen molar-refractivity contribution in [2.75, 3.05) is 13.2 Å². The summed E-state index contributed by atoms with van der Waals surface area (Å²) >= 11 is 0. The number of rotatable bonds is 10. The summed E-state index contributed by atoms with van der Waals surface area (Å²) in [6.07, 6.45) is 3.50. The van der Waals surface area contributed by atoms with Crippen molar-refractivity contribution in [3.8, 4) is 11.5 Å². The molecule has 0 saturated carbocycles. The van der Waals surface area contributed by atoms with Gasteiger partial charge in [0, 0.05) is 11.1 Å². The number of carbonyl (C=O) groups is 2. The molecule has 0 saturated heterocycles. The number of aromatic carboxylic acids is 2. The third kappa shape index (κ3) is 3.76. The largest absolute Gasteiger partial charge is 0.488 e. The standard InChI is InChI=1S/C18H22O6/c1-5-9-23-15-11(7-3)14(18(21)22)16(24-10-6-2)12(8-4)13(15)17(19)20/h5-6H,1-2,7-10H2,3-4H3,(H,19,20)(H,21,22). The molecule has 0 bridgehead atoms. The second kappa shape index (κ2) is 8.76. The fraction of sp³-hybridized carbons (Fsp3) is 0.333. The van der Waals surface area contributed by atoms with E-state index in [0.29, 0.717) is 0 Å². The molecule has 0 amide bonds. The lowest BCUT2D eigenvalue weighted by Crippen LogP contribution is -2.17. The van der Waals surface area contributed by atoms with E-state index in [1.807, 2.05) is 0 Å². The van der Waals surface area contributed by atoms with E-state index in [0.717, 1.165) is 0 Å². The highest BCUT2D eigenvalue weighted by Gasteiger charge is 2.31. The van der Waals surface area contributed by atoms with Gasteiger partial charge in [0.1, 0.15) is 35.8 Å². The average Bonchev–Trinajstić information content (AvgIpc) is 2.55. The van der Waals surface area contributed by atoms with Gasteiger partial charge in [-0.05, 0) is 12.8 Å². The van der Waals surface area contributed by atoms with Crippen LogP contribution in [0.4, 0.5) is 0 Å². The summed E-state index contributed by atoms with van der Waals surface area (Å²) in [5, 5.41) is 19.3. The highest BCUT2D eigenvalue weighted by Crippen LogP contribution is 2.40. The van der Waals surface area contributed by atoms with Gasteiger partial charge in [0.25, 0.3) is 0 Å². The van der Waals surface area contributed by atoms with Crippen LogP contribution in [0.2, 0.25) is 0 Å². The monoisotopic (exact) mass is 334 g/mol. The molecule has 0 fully saturated rings. The average molecular weight is 334 g/mol. The lowest BCUT2D eigenvalue weighted by molar-refractivity contribution is 0.0671. The molecule has 130 valence electrons. The zero-order chi connectivity index (χ0) is 18.3. The lowest BCUT2D eigenvalue weighted by Gasteiger charge is -2.22. The van der Waals surface area contributed by atoms with Crippen LogP contribution in [-0.4, -0.2) is 35.4 Å². The maximum atomic E-state index is 11.8. The van der Waals surface area contributed by atoms with Gasteiger partial charge in [-0.1, -0.05) is 39.2 Å². The van der Waals surface area contributed by atoms with Gasteiger partial charge in [-0.15, -0.1) is 0 Å². The number of hydrogen-bond donors (Lipinski definition) is 2. The van der Waals surface area contributed by atoms with Gasteiger partial charge >= 0.3 is 11.9 Å². The Bertz CT molecular complexity index is 602. The highest BCUT2D eigenvalue weighted by atomic mass is 16.5. The minimum atomic E-state index is -1.19. The van der Waals surface area contributed by atoms with E-state index >= 15 is 0 Å². The van der Waals surface area contributed by atoms with E-state index < -0.39 is 11.9 Å². The molecule has 6 nitrogen and oxygen atoms in total. The van der Waals surface area contributed by atoms with Crippen LogP contribution >= 0.6 is 0 Å². The third-order valence-corrected chi connectivity index (χ3v) is 3.43. The zero-order valence-electron chi connectivity index (χ0n) is 13.9. The fourth-order valence-corrected chi connectivity index (χ4v) is 2.53. The molecule has 2 N–H and O–H groups in total. The molecule has 24 heavy (non-hydrogen) atoms. The molecule has 0 aliphatic carbocycles. The molecule has 0 aliphatic heterocycles. The van der Waals surface area contributed by atoms with Crippen molar-refractivity contribution in [2.45, 2.75) is 26.7 Å². The van der Waals surface area contributed by atoms with Crippen molar-refractivity contribution in [1.29, 1.82) is 0 Å². The Morgan fingerprint density at radius 3 is 1.42 bits per heavy atom. The van der Waals surface area contributed by atoms with Gasteiger partial charge < -0.3 is 19.7 Å². The molecule has 0 aromatic heterocycles. The van der Waals surface area contributed by atoms with Crippen molar-refractivity contribution in [2.24, 2.45) is 0 Å². The van der Waals surface area contributed by atoms with Gasteiger partial charge in [-0.3, -0.25) is 0 Å². The molecule has 1 rings (SSSR count). The molecule has 0 unspecified atom stereocenters. The van der Waals surface area contributed by atoms with Crippen LogP contribution in [0.5, 0.6) is 11.5 Å². The van der Waals surface area contributed by atoms with Gasteiger partial charge in [0.05, 0.1) is 0 Å². The van der Waals surface area contributed by atoms with Crippen LogP contribution < -0.4 is 9.47 Å². The van der Waals surface area contributed by atoms with Gasteiger partial charge in [0.15, 0.2) is 0 Å². The number of carboxylic acid groups (broad SMARTS) is 2. The minimum Gasteiger partial charge on any atom is -0.488 e. The predicted octanol–water partition coefficient (Wildman–Crippen LogP) is 3.34. The summed E-state index contributed by atoms with van der Waals surface area (Å²) in [6.45, 7) is 10.7. The number of carboxylic acids is 2. The Morgan fingerprint density at radius 2 is 1.21 bits per heavy atom. The molecule has 0 radical (unpaired) electrons. The summed E-state index contributed by atoms with van der Waals surface area (Å²) in [5.41, 5.74) is 0.441. The Kier molecular flexibility index (Phi) is 7.04. The van der Waals surface area contributed by atoms with E-state index in [9.17, 15) is 19.8 Å². The molecule has 1 aromatic rings. The van der Waals surface area contributed by atoms with Gasteiger partial charge in [0.2, 0.25) is 0 Å². The van der Waals surface area contributed by atoms with Crippen LogP contribution in [0, 0.1) is 0 Å². The number of ether oxygens (including phenoxy) is 2. The van der Waals surface area contributed by atoms with E-state index in [1.54, 1.807) is 13.8 Å². The number of benzene rings is 1. The Labute approximate surface area is 141 Å². The summed E-state index contributed by atoms with van der Waals surface area (Å²) in [6, 6.07) is 0. The van der Waals surface area contributed by atoms with Gasteiger partial charge in [-0.25, -0.2) is 9.59 Å². The summed E-state index contributed by atoms with van der Waals surface area (Å²) in [7, 11) is 0. The quantitative estimate of drug-likeness (QED) is 0.638. The van der Waals surface area contributed by atoms with Crippen molar-refractivity contribution in [3.63, 3.8) is 0 Å². The predicted molar refractivity (Wildman–Crippen MR) is 90.5 cm³/mol. The van der Waals surface area contributed by atoms with Crippen molar-refractivity contribution < 1.29 is 29.3 Å². The van der Waals surface area contributed by atoms with Crippen molar-refractivity contribution in [3.05, 3.63) is 47.6 Å². The molecular formula is C18H22O6. The zero-order valence-corrected chi connectivity index (χ0v) is 13.9.